The highest BCUT2D eigenvalue weighted by Gasteiger charge is 2.38. The number of carbonyl (C=O) groups excluding carboxylic acids is 2. The van der Waals surface area contributed by atoms with Gasteiger partial charge in [-0.1, -0.05) is 18.2 Å². The Balaban J connectivity index is 1.39. The Morgan fingerprint density at radius 2 is 1.86 bits per heavy atom. The minimum Gasteiger partial charge on any atom is -0.493 e. The van der Waals surface area contributed by atoms with Gasteiger partial charge in [0.15, 0.2) is 11.5 Å². The molecule has 1 saturated carbocycles. The first kappa shape index (κ1) is 31.8. The van der Waals surface area contributed by atoms with E-state index in [1.165, 1.54) is 0 Å². The molecule has 3 amide bonds. The van der Waals surface area contributed by atoms with Gasteiger partial charge < -0.3 is 34.6 Å². The maximum Gasteiger partial charge on any atom is 0.317 e. The summed E-state index contributed by atoms with van der Waals surface area (Å²) in [5.41, 5.74) is 1.49. The third-order valence-electron chi connectivity index (χ3n) is 8.20. The molecule has 1 aliphatic heterocycles. The largest absolute Gasteiger partial charge is 0.493 e. The molecule has 0 bridgehead atoms. The summed E-state index contributed by atoms with van der Waals surface area (Å²) in [6.45, 7) is 8.33. The van der Waals surface area contributed by atoms with Crippen molar-refractivity contribution in [2.75, 3.05) is 60.2 Å². The number of methoxy groups -OCH3 is 2. The fraction of sp³-hybridized carbons (Fsp3) is 0.625. The lowest BCUT2D eigenvalue weighted by Crippen LogP contribution is -2.47. The number of carbonyl (C=O) groups is 2. The van der Waals surface area contributed by atoms with Gasteiger partial charge in [-0.3, -0.25) is 4.79 Å². The smallest absolute Gasteiger partial charge is 0.317 e. The lowest BCUT2D eigenvalue weighted by molar-refractivity contribution is 0.0652. The summed E-state index contributed by atoms with van der Waals surface area (Å²) in [5, 5.41) is 6.54. The molecule has 0 spiro atoms. The molecular weight excluding hydrogens is 539 g/mol. The van der Waals surface area contributed by atoms with Gasteiger partial charge in [-0.2, -0.15) is 0 Å². The number of halogens is 1. The van der Waals surface area contributed by atoms with Crippen LogP contribution in [0.25, 0.3) is 0 Å². The van der Waals surface area contributed by atoms with E-state index in [4.69, 9.17) is 14.2 Å². The monoisotopic (exact) mass is 586 g/mol. The molecule has 1 heterocycles. The van der Waals surface area contributed by atoms with Crippen LogP contribution in [0.1, 0.15) is 49.9 Å². The van der Waals surface area contributed by atoms with Crippen molar-refractivity contribution in [3.05, 3.63) is 47.6 Å². The van der Waals surface area contributed by atoms with E-state index in [0.717, 1.165) is 37.9 Å². The van der Waals surface area contributed by atoms with Gasteiger partial charge in [-0.15, -0.1) is 0 Å². The van der Waals surface area contributed by atoms with E-state index >= 15 is 0 Å². The van der Waals surface area contributed by atoms with Crippen LogP contribution in [-0.2, 0) is 4.74 Å². The fourth-order valence-electron chi connectivity index (χ4n) is 5.55. The van der Waals surface area contributed by atoms with Crippen LogP contribution in [0.15, 0.2) is 42.0 Å². The Labute approximate surface area is 249 Å². The average molecular weight is 587 g/mol. The number of nitrogens with zero attached hydrogens (tertiary/aromatic N) is 2. The molecule has 9 nitrogen and oxygen atoms in total. The van der Waals surface area contributed by atoms with Crippen LogP contribution in [-0.4, -0.2) is 100 Å². The number of alkyl halides is 1. The number of amides is 3. The van der Waals surface area contributed by atoms with Gasteiger partial charge >= 0.3 is 6.03 Å². The second-order valence-corrected chi connectivity index (χ2v) is 11.7. The molecule has 1 unspecified atom stereocenters. The number of benzene rings is 1. The standard InChI is InChI=1S/C32H47FN4O5/c1-22(2)36(31(38)24-8-13-29(41-4)30(16-24)42-15-5-14-40-3)20-25-18-34-19-26(25)21-37(28-11-12-28)32(39)35-17-23-6-9-27(33)10-7-23/h6-9,13,16,22,25-28,34H,5,10-12,14-15,17-21H2,1-4H3,(H,35,39)/t25-,26-,27?/m0/s1. The zero-order valence-electron chi connectivity index (χ0n) is 25.4. The van der Waals surface area contributed by atoms with E-state index in [2.05, 4.69) is 10.6 Å². The van der Waals surface area contributed by atoms with Crippen molar-refractivity contribution >= 4 is 11.9 Å². The molecule has 1 aromatic carbocycles. The van der Waals surface area contributed by atoms with E-state index in [-0.39, 0.29) is 35.9 Å². The van der Waals surface area contributed by atoms with Gasteiger partial charge in [0.25, 0.3) is 5.91 Å². The van der Waals surface area contributed by atoms with Crippen LogP contribution < -0.4 is 20.1 Å². The molecule has 1 aromatic rings. The molecule has 42 heavy (non-hydrogen) atoms. The van der Waals surface area contributed by atoms with Crippen LogP contribution in [0, 0.1) is 11.8 Å². The summed E-state index contributed by atoms with van der Waals surface area (Å²) in [5.74, 6) is 1.50. The second-order valence-electron chi connectivity index (χ2n) is 11.7. The summed E-state index contributed by atoms with van der Waals surface area (Å²) in [7, 11) is 3.24. The normalized spacial score (nSPS) is 21.7. The first-order valence-electron chi connectivity index (χ1n) is 15.2. The van der Waals surface area contributed by atoms with Crippen molar-refractivity contribution in [3.63, 3.8) is 0 Å². The summed E-state index contributed by atoms with van der Waals surface area (Å²) < 4.78 is 29.9. The highest BCUT2D eigenvalue weighted by atomic mass is 19.1. The topological polar surface area (TPSA) is 92.4 Å². The Bertz CT molecular complexity index is 1120. The van der Waals surface area contributed by atoms with E-state index in [0.29, 0.717) is 56.3 Å². The Kier molecular flexibility index (Phi) is 11.7. The van der Waals surface area contributed by atoms with Crippen LogP contribution in [0.4, 0.5) is 9.18 Å². The summed E-state index contributed by atoms with van der Waals surface area (Å²) >= 11 is 0. The third-order valence-corrected chi connectivity index (χ3v) is 8.20. The fourth-order valence-corrected chi connectivity index (χ4v) is 5.55. The van der Waals surface area contributed by atoms with Gasteiger partial charge in [0.05, 0.1) is 13.7 Å². The van der Waals surface area contributed by atoms with Crippen molar-refractivity contribution < 1.29 is 28.2 Å². The number of allylic oxidation sites excluding steroid dienone is 2. The number of nitrogens with one attached hydrogen (secondary N) is 2. The molecule has 0 radical (unpaired) electrons. The molecule has 3 aliphatic rings. The van der Waals surface area contributed by atoms with Crippen molar-refractivity contribution in [2.45, 2.75) is 57.8 Å². The predicted octanol–water partition coefficient (Wildman–Crippen LogP) is 4.20. The van der Waals surface area contributed by atoms with Crippen molar-refractivity contribution in [3.8, 4) is 11.5 Å². The van der Waals surface area contributed by atoms with E-state index in [9.17, 15) is 14.0 Å². The molecule has 4 rings (SSSR count). The number of hydrogen-bond acceptors (Lipinski definition) is 6. The summed E-state index contributed by atoms with van der Waals surface area (Å²) in [6.07, 6.45) is 7.30. The van der Waals surface area contributed by atoms with Gasteiger partial charge in [0, 0.05) is 76.9 Å². The second kappa shape index (κ2) is 15.4. The molecule has 232 valence electrons. The number of ether oxygens (including phenoxy) is 3. The molecule has 3 atom stereocenters. The maximum absolute atomic E-state index is 13.8. The van der Waals surface area contributed by atoms with Crippen LogP contribution in [0.2, 0.25) is 0 Å². The summed E-state index contributed by atoms with van der Waals surface area (Å²) in [6, 6.07) is 5.49. The van der Waals surface area contributed by atoms with Gasteiger partial charge in [0.2, 0.25) is 0 Å². The minimum atomic E-state index is -0.942. The molecular formula is C32H47FN4O5. The first-order chi connectivity index (χ1) is 20.3. The molecule has 2 fully saturated rings. The molecule has 10 heteroatoms. The SMILES string of the molecule is COCCCOc1cc(C(=O)N(C[C@@H]2CNC[C@H]2CN(C(=O)NCC2=CCC(F)C=C2)C2CC2)C(C)C)ccc1OC. The third kappa shape index (κ3) is 8.70. The molecule has 2 N–H and O–H groups in total. The first-order valence-corrected chi connectivity index (χ1v) is 15.2. The quantitative estimate of drug-likeness (QED) is 0.300. The maximum atomic E-state index is 13.8. The predicted molar refractivity (Wildman–Crippen MR) is 161 cm³/mol. The number of hydrogen-bond donors (Lipinski definition) is 2. The van der Waals surface area contributed by atoms with E-state index < -0.39 is 6.17 Å². The van der Waals surface area contributed by atoms with E-state index in [1.54, 1.807) is 44.6 Å². The van der Waals surface area contributed by atoms with Crippen LogP contribution in [0.5, 0.6) is 11.5 Å². The lowest BCUT2D eigenvalue weighted by atomic mass is 9.94. The molecule has 1 saturated heterocycles. The minimum absolute atomic E-state index is 0.00417. The Morgan fingerprint density at radius 1 is 1.10 bits per heavy atom. The molecule has 2 aliphatic carbocycles. The van der Waals surface area contributed by atoms with Gasteiger partial charge in [-0.05, 0) is 62.3 Å². The highest BCUT2D eigenvalue weighted by molar-refractivity contribution is 5.95. The van der Waals surface area contributed by atoms with E-state index in [1.807, 2.05) is 29.7 Å². The van der Waals surface area contributed by atoms with Crippen molar-refractivity contribution in [1.82, 2.24) is 20.4 Å². The zero-order valence-corrected chi connectivity index (χ0v) is 25.4. The van der Waals surface area contributed by atoms with Crippen molar-refractivity contribution in [2.24, 2.45) is 11.8 Å². The molecule has 0 aromatic heterocycles. The number of urea groups is 1. The van der Waals surface area contributed by atoms with Gasteiger partial charge in [0.1, 0.15) is 6.17 Å². The number of rotatable bonds is 15. The van der Waals surface area contributed by atoms with Crippen molar-refractivity contribution in [1.29, 1.82) is 0 Å². The van der Waals surface area contributed by atoms with Crippen LogP contribution in [0.3, 0.4) is 0 Å². The van der Waals surface area contributed by atoms with Gasteiger partial charge in [-0.25, -0.2) is 9.18 Å². The van der Waals surface area contributed by atoms with Crippen LogP contribution >= 0.6 is 0 Å². The lowest BCUT2D eigenvalue weighted by Gasteiger charge is -2.33. The average Bonchev–Trinajstić information content (AvgIpc) is 3.74. The summed E-state index contributed by atoms with van der Waals surface area (Å²) in [4.78, 5) is 30.9. The zero-order chi connectivity index (χ0) is 30.1. The Morgan fingerprint density at radius 3 is 2.50 bits per heavy atom. The highest BCUT2D eigenvalue weighted by Crippen LogP contribution is 2.32. The Hall–Kier alpha value is -3.11.